The molecule has 2 heteroatoms. The van der Waals surface area contributed by atoms with Crippen LogP contribution in [0.5, 0.6) is 0 Å². The normalized spacial score (nSPS) is 13.2. The standard InChI is InChI=1S/C61H37NS/c1-2-16-45-43(14-1)44-15-3-4-17-46(44)53-36-40(32-34-47(45)53)62(39-30-28-38(29-31-39)42-22-13-27-59-60(42)52-21-8-12-26-58(52)63-59)41-33-35-51-50-20-7-11-25-56(50)61(57(51)37-41)54-23-9-5-18-48(54)49-19-6-10-24-55(49)61/h1-37H. The number of thiophene rings is 1. The van der Waals surface area contributed by atoms with E-state index in [1.165, 1.54) is 108 Å². The lowest BCUT2D eigenvalue weighted by molar-refractivity contribution is 0.793. The summed E-state index contributed by atoms with van der Waals surface area (Å²) in [5, 5.41) is 10.3. The van der Waals surface area contributed by atoms with Crippen LogP contribution in [0.3, 0.4) is 0 Å². The quantitative estimate of drug-likeness (QED) is 0.160. The van der Waals surface area contributed by atoms with Crippen molar-refractivity contribution >= 4 is 80.9 Å². The maximum absolute atomic E-state index is 2.50. The third kappa shape index (κ3) is 4.76. The molecule has 0 unspecified atom stereocenters. The van der Waals surface area contributed by atoms with Gasteiger partial charge >= 0.3 is 0 Å². The molecule has 14 rings (SSSR count). The van der Waals surface area contributed by atoms with Gasteiger partial charge in [0.1, 0.15) is 0 Å². The topological polar surface area (TPSA) is 3.24 Å². The van der Waals surface area contributed by atoms with Gasteiger partial charge in [-0.15, -0.1) is 11.3 Å². The highest BCUT2D eigenvalue weighted by Gasteiger charge is 2.51. The molecular weight excluding hydrogens is 779 g/mol. The molecule has 1 aromatic heterocycles. The van der Waals surface area contributed by atoms with Crippen LogP contribution in [-0.4, -0.2) is 0 Å². The molecule has 1 spiro atoms. The van der Waals surface area contributed by atoms with E-state index in [1.54, 1.807) is 0 Å². The van der Waals surface area contributed by atoms with Gasteiger partial charge in [0.2, 0.25) is 0 Å². The number of fused-ring (bicyclic) bond motifs is 19. The number of anilines is 3. The van der Waals surface area contributed by atoms with E-state index in [9.17, 15) is 0 Å². The summed E-state index contributed by atoms with van der Waals surface area (Å²) in [4.78, 5) is 2.48. The first-order valence-corrected chi connectivity index (χ1v) is 22.7. The highest BCUT2D eigenvalue weighted by molar-refractivity contribution is 7.25. The van der Waals surface area contributed by atoms with Gasteiger partial charge in [0, 0.05) is 37.2 Å². The molecule has 63 heavy (non-hydrogen) atoms. The lowest BCUT2D eigenvalue weighted by Gasteiger charge is -2.32. The van der Waals surface area contributed by atoms with Gasteiger partial charge in [0.15, 0.2) is 0 Å². The van der Waals surface area contributed by atoms with Crippen LogP contribution >= 0.6 is 11.3 Å². The minimum atomic E-state index is -0.439. The Labute approximate surface area is 369 Å². The summed E-state index contributed by atoms with van der Waals surface area (Å²) in [6.45, 7) is 0. The summed E-state index contributed by atoms with van der Waals surface area (Å²) < 4.78 is 2.64. The molecule has 0 saturated carbocycles. The Bertz CT molecular complexity index is 3770. The van der Waals surface area contributed by atoms with Crippen LogP contribution in [0.2, 0.25) is 0 Å². The van der Waals surface area contributed by atoms with E-state index in [-0.39, 0.29) is 0 Å². The largest absolute Gasteiger partial charge is 0.310 e. The Morgan fingerprint density at radius 1 is 0.286 bits per heavy atom. The van der Waals surface area contributed by atoms with Gasteiger partial charge in [0.25, 0.3) is 0 Å². The molecule has 0 saturated heterocycles. The van der Waals surface area contributed by atoms with Crippen molar-refractivity contribution in [2.45, 2.75) is 5.41 Å². The first kappa shape index (κ1) is 34.9. The lowest BCUT2D eigenvalue weighted by atomic mass is 9.70. The maximum atomic E-state index is 2.50. The summed E-state index contributed by atoms with van der Waals surface area (Å²) in [5.74, 6) is 0. The number of hydrogen-bond acceptors (Lipinski definition) is 2. The molecule has 11 aromatic carbocycles. The van der Waals surface area contributed by atoms with E-state index >= 15 is 0 Å². The van der Waals surface area contributed by atoms with E-state index in [2.05, 4.69) is 229 Å². The first-order chi connectivity index (χ1) is 31.3. The van der Waals surface area contributed by atoms with Crippen molar-refractivity contribution < 1.29 is 0 Å². The average molecular weight is 816 g/mol. The van der Waals surface area contributed by atoms with E-state index in [0.717, 1.165) is 17.1 Å². The molecule has 2 aliphatic rings. The summed E-state index contributed by atoms with van der Waals surface area (Å²) in [6, 6.07) is 84.1. The van der Waals surface area contributed by atoms with Crippen molar-refractivity contribution in [2.24, 2.45) is 0 Å². The van der Waals surface area contributed by atoms with Crippen molar-refractivity contribution in [1.82, 2.24) is 0 Å². The van der Waals surface area contributed by atoms with Gasteiger partial charge in [0.05, 0.1) is 5.41 Å². The summed E-state index contributed by atoms with van der Waals surface area (Å²) in [5.41, 5.74) is 16.0. The van der Waals surface area contributed by atoms with Gasteiger partial charge in [-0.3, -0.25) is 0 Å². The van der Waals surface area contributed by atoms with Crippen LogP contribution in [0.25, 0.3) is 85.9 Å². The fourth-order valence-corrected chi connectivity index (χ4v) is 12.6. The van der Waals surface area contributed by atoms with Crippen LogP contribution in [0.15, 0.2) is 224 Å². The minimum Gasteiger partial charge on any atom is -0.310 e. The molecule has 0 amide bonds. The molecule has 0 fully saturated rings. The molecule has 292 valence electrons. The Balaban J connectivity index is 1.02. The zero-order valence-corrected chi connectivity index (χ0v) is 35.0. The molecule has 2 aliphatic carbocycles. The van der Waals surface area contributed by atoms with Gasteiger partial charge in [-0.2, -0.15) is 0 Å². The summed E-state index contributed by atoms with van der Waals surface area (Å²) >= 11 is 1.87. The Hall–Kier alpha value is -7.78. The fourth-order valence-electron chi connectivity index (χ4n) is 11.5. The zero-order chi connectivity index (χ0) is 41.2. The molecule has 0 radical (unpaired) electrons. The molecular formula is C61H37NS. The predicted octanol–water partition coefficient (Wildman–Crippen LogP) is 17.0. The molecule has 1 heterocycles. The van der Waals surface area contributed by atoms with Gasteiger partial charge < -0.3 is 4.90 Å². The highest BCUT2D eigenvalue weighted by Crippen LogP contribution is 2.63. The maximum Gasteiger partial charge on any atom is 0.0726 e. The second kappa shape index (κ2) is 13.1. The fraction of sp³-hybridized carbons (Fsp3) is 0.0164. The van der Waals surface area contributed by atoms with Gasteiger partial charge in [-0.25, -0.2) is 0 Å². The number of benzene rings is 11. The smallest absolute Gasteiger partial charge is 0.0726 e. The van der Waals surface area contributed by atoms with Crippen molar-refractivity contribution in [1.29, 1.82) is 0 Å². The lowest BCUT2D eigenvalue weighted by Crippen LogP contribution is -2.26. The molecule has 0 bridgehead atoms. The van der Waals surface area contributed by atoms with Crippen LogP contribution in [-0.2, 0) is 5.41 Å². The molecule has 0 atom stereocenters. The van der Waals surface area contributed by atoms with E-state index < -0.39 is 5.41 Å². The van der Waals surface area contributed by atoms with Crippen LogP contribution in [0, 0.1) is 0 Å². The van der Waals surface area contributed by atoms with Crippen LogP contribution in [0.4, 0.5) is 17.1 Å². The van der Waals surface area contributed by atoms with Gasteiger partial charge in [-0.1, -0.05) is 176 Å². The number of nitrogens with zero attached hydrogens (tertiary/aromatic N) is 1. The third-order valence-corrected chi connectivity index (χ3v) is 15.2. The average Bonchev–Trinajstić information content (AvgIpc) is 3.99. The van der Waals surface area contributed by atoms with Crippen LogP contribution < -0.4 is 4.90 Å². The Morgan fingerprint density at radius 2 is 0.730 bits per heavy atom. The number of rotatable bonds is 4. The summed E-state index contributed by atoms with van der Waals surface area (Å²) in [7, 11) is 0. The van der Waals surface area contributed by atoms with Gasteiger partial charge in [-0.05, 0) is 136 Å². The molecule has 1 nitrogen and oxygen atoms in total. The molecule has 0 aliphatic heterocycles. The second-order valence-electron chi connectivity index (χ2n) is 17.1. The van der Waals surface area contributed by atoms with Crippen molar-refractivity contribution in [2.75, 3.05) is 4.90 Å². The molecule has 0 N–H and O–H groups in total. The highest BCUT2D eigenvalue weighted by atomic mass is 32.1. The monoisotopic (exact) mass is 815 g/mol. The molecule has 12 aromatic rings. The third-order valence-electron chi connectivity index (χ3n) is 14.1. The minimum absolute atomic E-state index is 0.439. The second-order valence-corrected chi connectivity index (χ2v) is 18.2. The predicted molar refractivity (Wildman–Crippen MR) is 268 cm³/mol. The van der Waals surface area contributed by atoms with Crippen molar-refractivity contribution in [3.63, 3.8) is 0 Å². The SMILES string of the molecule is c1ccc2c(c1)-c1ccccc1C21c2ccccc2-c2ccc(N(c3ccc(-c4cccc5sc6ccccc6c45)cc3)c3ccc4c5ccccc5c5ccccc5c4c3)cc21. The van der Waals surface area contributed by atoms with Crippen molar-refractivity contribution in [3.8, 4) is 33.4 Å². The first-order valence-electron chi connectivity index (χ1n) is 21.8. The van der Waals surface area contributed by atoms with E-state index in [0.29, 0.717) is 0 Å². The Kier molecular flexibility index (Phi) is 7.26. The van der Waals surface area contributed by atoms with Crippen molar-refractivity contribution in [3.05, 3.63) is 247 Å². The van der Waals surface area contributed by atoms with Crippen LogP contribution in [0.1, 0.15) is 22.3 Å². The Morgan fingerprint density at radius 3 is 1.37 bits per heavy atom. The number of hydrogen-bond donors (Lipinski definition) is 0. The summed E-state index contributed by atoms with van der Waals surface area (Å²) in [6.07, 6.45) is 0. The van der Waals surface area contributed by atoms with E-state index in [1.807, 2.05) is 11.3 Å². The van der Waals surface area contributed by atoms with E-state index in [4.69, 9.17) is 0 Å². The zero-order valence-electron chi connectivity index (χ0n) is 34.2.